The molecule has 2 aromatic carbocycles. The Morgan fingerprint density at radius 2 is 1.95 bits per heavy atom. The molecule has 0 saturated carbocycles. The van der Waals surface area contributed by atoms with Crippen LogP contribution in [0.15, 0.2) is 48.5 Å². The summed E-state index contributed by atoms with van der Waals surface area (Å²) in [4.78, 5) is 11.5. The summed E-state index contributed by atoms with van der Waals surface area (Å²) < 4.78 is 11.2. The van der Waals surface area contributed by atoms with Crippen LogP contribution in [0.2, 0.25) is 0 Å². The third-order valence-corrected chi connectivity index (χ3v) is 3.22. The Morgan fingerprint density at radius 1 is 1.18 bits per heavy atom. The summed E-state index contributed by atoms with van der Waals surface area (Å²) in [6, 6.07) is 14.8. The van der Waals surface area contributed by atoms with Crippen LogP contribution in [0.3, 0.4) is 0 Å². The van der Waals surface area contributed by atoms with Gasteiger partial charge in [0.2, 0.25) is 0 Å². The molecule has 116 valence electrons. The van der Waals surface area contributed by atoms with Gasteiger partial charge in [0.1, 0.15) is 11.5 Å². The number of ether oxygens (including phenoxy) is 2. The van der Waals surface area contributed by atoms with Crippen molar-refractivity contribution in [2.75, 3.05) is 6.61 Å². The Balaban J connectivity index is 2.17. The lowest BCUT2D eigenvalue weighted by Gasteiger charge is -2.17. The highest BCUT2D eigenvalue weighted by Crippen LogP contribution is 2.22. The molecule has 0 aromatic heterocycles. The highest BCUT2D eigenvalue weighted by Gasteiger charge is 2.22. The van der Waals surface area contributed by atoms with Crippen LogP contribution < -0.4 is 9.47 Å². The van der Waals surface area contributed by atoms with Crippen molar-refractivity contribution in [3.63, 3.8) is 0 Å². The number of benzene rings is 2. The van der Waals surface area contributed by atoms with Crippen molar-refractivity contribution in [3.8, 4) is 11.5 Å². The van der Waals surface area contributed by atoms with E-state index in [1.165, 1.54) is 0 Å². The first kappa shape index (κ1) is 15.9. The largest absolute Gasteiger partial charge is 0.494 e. The van der Waals surface area contributed by atoms with E-state index in [4.69, 9.17) is 9.47 Å². The van der Waals surface area contributed by atoms with E-state index in [0.29, 0.717) is 18.1 Å². The van der Waals surface area contributed by atoms with Gasteiger partial charge in [-0.25, -0.2) is 4.79 Å². The lowest BCUT2D eigenvalue weighted by atomic mass is 10.1. The summed E-state index contributed by atoms with van der Waals surface area (Å²) in [6.45, 7) is 4.37. The summed E-state index contributed by atoms with van der Waals surface area (Å²) in [5.74, 6) is 0.262. The van der Waals surface area contributed by atoms with Crippen LogP contribution in [-0.2, 0) is 11.2 Å². The molecule has 0 aliphatic carbocycles. The maximum Gasteiger partial charge on any atom is 0.345 e. The van der Waals surface area contributed by atoms with E-state index in [1.807, 2.05) is 56.3 Å². The summed E-state index contributed by atoms with van der Waals surface area (Å²) in [6.07, 6.45) is -0.706. The average Bonchev–Trinajstić information content (AvgIpc) is 2.48. The lowest BCUT2D eigenvalue weighted by molar-refractivity contribution is -0.145. The number of aliphatic carboxylic acids is 1. The molecule has 0 saturated heterocycles. The number of para-hydroxylation sites is 1. The molecule has 1 N–H and O–H groups in total. The first-order chi connectivity index (χ1) is 10.6. The van der Waals surface area contributed by atoms with Crippen LogP contribution in [0.1, 0.15) is 18.1 Å². The van der Waals surface area contributed by atoms with Crippen molar-refractivity contribution in [3.05, 3.63) is 59.7 Å². The molecule has 2 aromatic rings. The quantitative estimate of drug-likeness (QED) is 0.850. The van der Waals surface area contributed by atoms with Crippen LogP contribution in [0, 0.1) is 6.92 Å². The Hall–Kier alpha value is -2.49. The average molecular weight is 300 g/mol. The molecule has 4 heteroatoms. The van der Waals surface area contributed by atoms with Gasteiger partial charge in [0.05, 0.1) is 6.61 Å². The van der Waals surface area contributed by atoms with Gasteiger partial charge in [-0.15, -0.1) is 0 Å². The van der Waals surface area contributed by atoms with Crippen LogP contribution >= 0.6 is 0 Å². The van der Waals surface area contributed by atoms with Gasteiger partial charge in [0.25, 0.3) is 0 Å². The number of carbonyl (C=O) groups is 1. The van der Waals surface area contributed by atoms with Crippen molar-refractivity contribution in [1.82, 2.24) is 0 Å². The molecule has 1 atom stereocenters. The summed E-state index contributed by atoms with van der Waals surface area (Å²) in [5.41, 5.74) is 1.85. The number of rotatable bonds is 7. The van der Waals surface area contributed by atoms with Crippen molar-refractivity contribution in [1.29, 1.82) is 0 Å². The predicted molar refractivity (Wildman–Crippen MR) is 84.5 cm³/mol. The molecule has 0 fully saturated rings. The van der Waals surface area contributed by atoms with Crippen molar-refractivity contribution in [2.24, 2.45) is 0 Å². The first-order valence-electron chi connectivity index (χ1n) is 7.27. The minimum absolute atomic E-state index is 0.249. The summed E-state index contributed by atoms with van der Waals surface area (Å²) in [7, 11) is 0. The normalized spacial score (nSPS) is 11.7. The van der Waals surface area contributed by atoms with E-state index in [2.05, 4.69) is 0 Å². The van der Waals surface area contributed by atoms with Crippen LogP contribution in [0.25, 0.3) is 0 Å². The molecule has 22 heavy (non-hydrogen) atoms. The molecule has 2 rings (SSSR count). The molecule has 0 aliphatic heterocycles. The highest BCUT2D eigenvalue weighted by molar-refractivity contribution is 5.73. The fourth-order valence-electron chi connectivity index (χ4n) is 2.20. The second-order valence-corrected chi connectivity index (χ2v) is 5.01. The zero-order valence-corrected chi connectivity index (χ0v) is 12.8. The maximum absolute atomic E-state index is 11.5. The van der Waals surface area contributed by atoms with Crippen molar-refractivity contribution in [2.45, 2.75) is 26.4 Å². The Kier molecular flexibility index (Phi) is 5.42. The molecule has 0 spiro atoms. The Bertz CT molecular complexity index is 636. The van der Waals surface area contributed by atoms with Crippen molar-refractivity contribution >= 4 is 5.97 Å². The molecule has 1 unspecified atom stereocenters. The molecular formula is C18H20O4. The van der Waals surface area contributed by atoms with E-state index in [-0.39, 0.29) is 6.42 Å². The number of carboxylic acid groups (broad SMARTS) is 1. The molecule has 0 aliphatic rings. The summed E-state index contributed by atoms with van der Waals surface area (Å²) >= 11 is 0. The van der Waals surface area contributed by atoms with Gasteiger partial charge in [-0.2, -0.15) is 0 Å². The third-order valence-electron chi connectivity index (χ3n) is 3.22. The Morgan fingerprint density at radius 3 is 2.64 bits per heavy atom. The zero-order chi connectivity index (χ0) is 15.9. The number of aryl methyl sites for hydroxylation is 1. The van der Waals surface area contributed by atoms with Crippen LogP contribution in [-0.4, -0.2) is 23.8 Å². The second-order valence-electron chi connectivity index (χ2n) is 5.01. The third kappa shape index (κ3) is 4.25. The molecule has 0 amide bonds. The smallest absolute Gasteiger partial charge is 0.345 e. The number of hydrogen-bond acceptors (Lipinski definition) is 3. The minimum Gasteiger partial charge on any atom is -0.494 e. The first-order valence-corrected chi connectivity index (χ1v) is 7.27. The Labute approximate surface area is 130 Å². The zero-order valence-electron chi connectivity index (χ0n) is 12.8. The lowest BCUT2D eigenvalue weighted by Crippen LogP contribution is -2.29. The van der Waals surface area contributed by atoms with E-state index in [9.17, 15) is 9.90 Å². The van der Waals surface area contributed by atoms with E-state index in [1.54, 1.807) is 6.07 Å². The molecule has 4 nitrogen and oxygen atoms in total. The van der Waals surface area contributed by atoms with Gasteiger partial charge in [0, 0.05) is 6.42 Å². The highest BCUT2D eigenvalue weighted by atomic mass is 16.5. The van der Waals surface area contributed by atoms with Gasteiger partial charge < -0.3 is 14.6 Å². The maximum atomic E-state index is 11.5. The SMILES string of the molecule is CCOc1ccccc1CC(Oc1cccc(C)c1)C(=O)O. The standard InChI is InChI=1S/C18H20O4/c1-3-21-16-10-5-4-8-14(16)12-17(18(19)20)22-15-9-6-7-13(2)11-15/h4-11,17H,3,12H2,1-2H3,(H,19,20). The fourth-order valence-corrected chi connectivity index (χ4v) is 2.20. The molecule has 0 bridgehead atoms. The van der Waals surface area contributed by atoms with Crippen LogP contribution in [0.5, 0.6) is 11.5 Å². The van der Waals surface area contributed by atoms with Gasteiger partial charge >= 0.3 is 5.97 Å². The predicted octanol–water partition coefficient (Wildman–Crippen LogP) is 3.47. The van der Waals surface area contributed by atoms with Gasteiger partial charge in [-0.1, -0.05) is 30.3 Å². The van der Waals surface area contributed by atoms with E-state index < -0.39 is 12.1 Å². The van der Waals surface area contributed by atoms with Crippen LogP contribution in [0.4, 0.5) is 0 Å². The molecule has 0 radical (unpaired) electrons. The number of carboxylic acids is 1. The van der Waals surface area contributed by atoms with E-state index in [0.717, 1.165) is 11.1 Å². The minimum atomic E-state index is -0.993. The number of hydrogen-bond donors (Lipinski definition) is 1. The summed E-state index contributed by atoms with van der Waals surface area (Å²) in [5, 5.41) is 9.42. The fraction of sp³-hybridized carbons (Fsp3) is 0.278. The second kappa shape index (κ2) is 7.50. The van der Waals surface area contributed by atoms with Crippen molar-refractivity contribution < 1.29 is 19.4 Å². The van der Waals surface area contributed by atoms with Gasteiger partial charge in [-0.05, 0) is 43.2 Å². The van der Waals surface area contributed by atoms with Gasteiger partial charge in [0.15, 0.2) is 6.10 Å². The topological polar surface area (TPSA) is 55.8 Å². The molecule has 0 heterocycles. The van der Waals surface area contributed by atoms with Gasteiger partial charge in [-0.3, -0.25) is 0 Å². The van der Waals surface area contributed by atoms with E-state index >= 15 is 0 Å². The molecular weight excluding hydrogens is 280 g/mol. The monoisotopic (exact) mass is 300 g/mol.